The van der Waals surface area contributed by atoms with Crippen molar-refractivity contribution in [2.45, 2.75) is 20.4 Å². The molecule has 0 aliphatic rings. The molecule has 3 rings (SSSR count). The van der Waals surface area contributed by atoms with Crippen LogP contribution in [0.2, 0.25) is 0 Å². The van der Waals surface area contributed by atoms with Crippen LogP contribution < -0.4 is 5.32 Å². The van der Waals surface area contributed by atoms with E-state index in [0.717, 1.165) is 17.2 Å². The molecule has 0 fully saturated rings. The lowest BCUT2D eigenvalue weighted by Gasteiger charge is -2.08. The topological polar surface area (TPSA) is 88.5 Å². The van der Waals surface area contributed by atoms with E-state index in [9.17, 15) is 4.79 Å². The summed E-state index contributed by atoms with van der Waals surface area (Å²) in [6.45, 7) is 4.17. The van der Waals surface area contributed by atoms with Gasteiger partial charge in [0.1, 0.15) is 18.0 Å². The summed E-state index contributed by atoms with van der Waals surface area (Å²) < 4.78 is 1.96. The van der Waals surface area contributed by atoms with Crippen LogP contribution in [0.1, 0.15) is 27.6 Å². The van der Waals surface area contributed by atoms with Gasteiger partial charge in [0.25, 0.3) is 5.91 Å². The van der Waals surface area contributed by atoms with E-state index in [0.29, 0.717) is 17.9 Å². The molecule has 0 unspecified atom stereocenters. The van der Waals surface area contributed by atoms with Crippen molar-refractivity contribution in [2.75, 3.05) is 0 Å². The van der Waals surface area contributed by atoms with Gasteiger partial charge in [0.15, 0.2) is 0 Å². The van der Waals surface area contributed by atoms with Crippen LogP contribution in [0.5, 0.6) is 0 Å². The van der Waals surface area contributed by atoms with Gasteiger partial charge in [-0.2, -0.15) is 5.10 Å². The second-order valence-corrected chi connectivity index (χ2v) is 4.92. The normalized spacial score (nSPS) is 10.6. The van der Waals surface area contributed by atoms with Crippen molar-refractivity contribution in [2.24, 2.45) is 0 Å². The van der Waals surface area contributed by atoms with Crippen molar-refractivity contribution in [1.82, 2.24) is 30.0 Å². The molecule has 0 aliphatic carbocycles. The molecule has 0 saturated carbocycles. The average Bonchev–Trinajstić information content (AvgIpc) is 3.14. The number of aromatic amines is 1. The highest BCUT2D eigenvalue weighted by Gasteiger charge is 2.17. The van der Waals surface area contributed by atoms with Crippen LogP contribution in [-0.2, 0) is 6.54 Å². The van der Waals surface area contributed by atoms with Gasteiger partial charge in [-0.25, -0.2) is 9.97 Å². The summed E-state index contributed by atoms with van der Waals surface area (Å²) in [4.78, 5) is 20.7. The first kappa shape index (κ1) is 14.0. The molecule has 0 aromatic carbocycles. The Morgan fingerprint density at radius 3 is 2.86 bits per heavy atom. The molecule has 0 radical (unpaired) electrons. The number of pyridine rings is 1. The molecule has 0 saturated heterocycles. The van der Waals surface area contributed by atoms with E-state index in [-0.39, 0.29) is 5.91 Å². The third-order valence-corrected chi connectivity index (χ3v) is 3.44. The molecule has 1 amide bonds. The minimum Gasteiger partial charge on any atom is -0.345 e. The van der Waals surface area contributed by atoms with E-state index in [2.05, 4.69) is 25.5 Å². The SMILES string of the molecule is Cc1cc(C(=O)NCc2ncn[nH]2)c(C)n1-c1ccccn1. The molecular weight excluding hydrogens is 280 g/mol. The molecule has 0 spiro atoms. The summed E-state index contributed by atoms with van der Waals surface area (Å²) >= 11 is 0. The second kappa shape index (κ2) is 5.80. The smallest absolute Gasteiger partial charge is 0.253 e. The first-order valence-corrected chi connectivity index (χ1v) is 6.89. The molecule has 0 aliphatic heterocycles. The Kier molecular flexibility index (Phi) is 3.69. The predicted octanol–water partition coefficient (Wildman–Crippen LogP) is 1.54. The first-order chi connectivity index (χ1) is 10.7. The number of nitrogens with zero attached hydrogens (tertiary/aromatic N) is 4. The molecule has 0 atom stereocenters. The van der Waals surface area contributed by atoms with Gasteiger partial charge in [-0.1, -0.05) is 6.07 Å². The van der Waals surface area contributed by atoms with Gasteiger partial charge < -0.3 is 9.88 Å². The quantitative estimate of drug-likeness (QED) is 0.764. The van der Waals surface area contributed by atoms with Crippen molar-refractivity contribution in [3.05, 3.63) is 59.6 Å². The summed E-state index contributed by atoms with van der Waals surface area (Å²) in [5.41, 5.74) is 2.44. The highest BCUT2D eigenvalue weighted by Crippen LogP contribution is 2.19. The number of hydrogen-bond donors (Lipinski definition) is 2. The maximum atomic E-state index is 12.4. The van der Waals surface area contributed by atoms with E-state index in [4.69, 9.17) is 0 Å². The number of hydrogen-bond acceptors (Lipinski definition) is 4. The Balaban J connectivity index is 1.84. The van der Waals surface area contributed by atoms with E-state index in [1.54, 1.807) is 6.20 Å². The van der Waals surface area contributed by atoms with E-state index >= 15 is 0 Å². The molecule has 112 valence electrons. The van der Waals surface area contributed by atoms with Gasteiger partial charge in [0, 0.05) is 17.6 Å². The summed E-state index contributed by atoms with van der Waals surface area (Å²) in [5.74, 6) is 1.27. The van der Waals surface area contributed by atoms with Gasteiger partial charge >= 0.3 is 0 Å². The van der Waals surface area contributed by atoms with Crippen LogP contribution in [0.15, 0.2) is 36.8 Å². The fourth-order valence-corrected chi connectivity index (χ4v) is 2.41. The van der Waals surface area contributed by atoms with Crippen molar-refractivity contribution < 1.29 is 4.79 Å². The van der Waals surface area contributed by atoms with Crippen LogP contribution in [0.3, 0.4) is 0 Å². The zero-order valence-corrected chi connectivity index (χ0v) is 12.4. The number of carbonyl (C=O) groups is 1. The number of aromatic nitrogens is 5. The van der Waals surface area contributed by atoms with E-state index < -0.39 is 0 Å². The lowest BCUT2D eigenvalue weighted by molar-refractivity contribution is 0.0949. The fraction of sp³-hybridized carbons (Fsp3) is 0.200. The van der Waals surface area contributed by atoms with Crippen LogP contribution in [0, 0.1) is 13.8 Å². The van der Waals surface area contributed by atoms with Crippen molar-refractivity contribution in [3.8, 4) is 5.82 Å². The van der Waals surface area contributed by atoms with E-state index in [1.807, 2.05) is 42.7 Å². The largest absolute Gasteiger partial charge is 0.345 e. The number of carbonyl (C=O) groups excluding carboxylic acids is 1. The minimum absolute atomic E-state index is 0.147. The third kappa shape index (κ3) is 2.60. The maximum absolute atomic E-state index is 12.4. The highest BCUT2D eigenvalue weighted by atomic mass is 16.1. The minimum atomic E-state index is -0.147. The molecule has 7 nitrogen and oxygen atoms in total. The molecule has 2 N–H and O–H groups in total. The number of H-pyrrole nitrogens is 1. The van der Waals surface area contributed by atoms with Gasteiger partial charge in [0.2, 0.25) is 0 Å². The lowest BCUT2D eigenvalue weighted by Crippen LogP contribution is -2.24. The zero-order chi connectivity index (χ0) is 15.5. The second-order valence-electron chi connectivity index (χ2n) is 4.92. The molecule has 3 aromatic heterocycles. The monoisotopic (exact) mass is 296 g/mol. The van der Waals surface area contributed by atoms with Gasteiger partial charge in [-0.3, -0.25) is 9.89 Å². The molecule has 3 heterocycles. The van der Waals surface area contributed by atoms with Crippen molar-refractivity contribution >= 4 is 5.91 Å². The summed E-state index contributed by atoms with van der Waals surface area (Å²) in [5, 5.41) is 9.29. The number of amides is 1. The molecule has 22 heavy (non-hydrogen) atoms. The Labute approximate surface area is 127 Å². The maximum Gasteiger partial charge on any atom is 0.253 e. The standard InChI is InChI=1S/C15H16N6O/c1-10-7-12(15(22)17-8-13-18-9-19-20-13)11(2)21(10)14-5-3-4-6-16-14/h3-7,9H,8H2,1-2H3,(H,17,22)(H,18,19,20). The van der Waals surface area contributed by atoms with Crippen molar-refractivity contribution in [3.63, 3.8) is 0 Å². The molecular formula is C15H16N6O. The molecule has 0 bridgehead atoms. The van der Waals surface area contributed by atoms with Crippen LogP contribution in [0.25, 0.3) is 5.82 Å². The fourth-order valence-electron chi connectivity index (χ4n) is 2.41. The van der Waals surface area contributed by atoms with E-state index in [1.165, 1.54) is 6.33 Å². The zero-order valence-electron chi connectivity index (χ0n) is 12.4. The van der Waals surface area contributed by atoms with Crippen LogP contribution in [0.4, 0.5) is 0 Å². The van der Waals surface area contributed by atoms with Gasteiger partial charge in [-0.15, -0.1) is 0 Å². The molecule has 3 aromatic rings. The third-order valence-electron chi connectivity index (χ3n) is 3.44. The first-order valence-electron chi connectivity index (χ1n) is 6.89. The lowest BCUT2D eigenvalue weighted by atomic mass is 10.2. The Hall–Kier alpha value is -2.96. The predicted molar refractivity (Wildman–Crippen MR) is 80.6 cm³/mol. The summed E-state index contributed by atoms with van der Waals surface area (Å²) in [6, 6.07) is 7.56. The number of rotatable bonds is 4. The Bertz CT molecular complexity index is 776. The van der Waals surface area contributed by atoms with Crippen LogP contribution in [-0.4, -0.2) is 30.6 Å². The number of nitrogens with one attached hydrogen (secondary N) is 2. The Morgan fingerprint density at radius 1 is 1.32 bits per heavy atom. The van der Waals surface area contributed by atoms with Gasteiger partial charge in [-0.05, 0) is 32.0 Å². The van der Waals surface area contributed by atoms with Crippen LogP contribution >= 0.6 is 0 Å². The van der Waals surface area contributed by atoms with Gasteiger partial charge in [0.05, 0.1) is 12.1 Å². The average molecular weight is 296 g/mol. The molecule has 7 heteroatoms. The summed E-state index contributed by atoms with van der Waals surface area (Å²) in [6.07, 6.45) is 3.15. The summed E-state index contributed by atoms with van der Waals surface area (Å²) in [7, 11) is 0. The number of aryl methyl sites for hydroxylation is 1. The Morgan fingerprint density at radius 2 is 2.18 bits per heavy atom. The highest BCUT2D eigenvalue weighted by molar-refractivity contribution is 5.95. The van der Waals surface area contributed by atoms with Crippen molar-refractivity contribution in [1.29, 1.82) is 0 Å².